The van der Waals surface area contributed by atoms with Crippen LogP contribution in [0.5, 0.6) is 5.75 Å². The van der Waals surface area contributed by atoms with Crippen molar-refractivity contribution in [3.8, 4) is 5.75 Å². The SMILES string of the molecule is C=CC(=O)OCCCCCCOc1ccc(/C=C/C(=O)OC(C)(C)C)cc1. The maximum Gasteiger partial charge on any atom is 0.331 e. The van der Waals surface area contributed by atoms with Crippen LogP contribution in [0.1, 0.15) is 52.0 Å². The Kier molecular flexibility index (Phi) is 9.94. The molecule has 0 N–H and O–H groups in total. The molecule has 0 radical (unpaired) electrons. The second kappa shape index (κ2) is 11.9. The Morgan fingerprint density at radius 1 is 0.963 bits per heavy atom. The van der Waals surface area contributed by atoms with Gasteiger partial charge in [0.05, 0.1) is 13.2 Å². The van der Waals surface area contributed by atoms with Crippen molar-refractivity contribution in [2.75, 3.05) is 13.2 Å². The van der Waals surface area contributed by atoms with Crippen LogP contribution in [0.4, 0.5) is 0 Å². The van der Waals surface area contributed by atoms with Crippen molar-refractivity contribution in [2.24, 2.45) is 0 Å². The van der Waals surface area contributed by atoms with Crippen LogP contribution >= 0.6 is 0 Å². The molecule has 0 aliphatic heterocycles. The van der Waals surface area contributed by atoms with Gasteiger partial charge in [-0.3, -0.25) is 0 Å². The molecule has 0 saturated carbocycles. The summed E-state index contributed by atoms with van der Waals surface area (Å²) in [4.78, 5) is 22.5. The van der Waals surface area contributed by atoms with Crippen LogP contribution in [0.2, 0.25) is 0 Å². The zero-order valence-corrected chi connectivity index (χ0v) is 16.5. The Morgan fingerprint density at radius 3 is 2.19 bits per heavy atom. The fourth-order valence-electron chi connectivity index (χ4n) is 2.15. The predicted molar refractivity (Wildman–Crippen MR) is 106 cm³/mol. The predicted octanol–water partition coefficient (Wildman–Crippen LogP) is 4.71. The van der Waals surface area contributed by atoms with E-state index < -0.39 is 5.60 Å². The number of ether oxygens (including phenoxy) is 3. The number of hydrogen-bond acceptors (Lipinski definition) is 5. The van der Waals surface area contributed by atoms with Crippen LogP contribution in [-0.4, -0.2) is 30.8 Å². The van der Waals surface area contributed by atoms with Crippen molar-refractivity contribution >= 4 is 18.0 Å². The van der Waals surface area contributed by atoms with Crippen LogP contribution < -0.4 is 4.74 Å². The van der Waals surface area contributed by atoms with E-state index in [9.17, 15) is 9.59 Å². The van der Waals surface area contributed by atoms with E-state index in [0.29, 0.717) is 13.2 Å². The molecule has 148 valence electrons. The third-order valence-electron chi connectivity index (χ3n) is 3.42. The van der Waals surface area contributed by atoms with Crippen LogP contribution in [0.3, 0.4) is 0 Å². The molecule has 0 aliphatic rings. The minimum Gasteiger partial charge on any atom is -0.494 e. The van der Waals surface area contributed by atoms with Gasteiger partial charge in [-0.05, 0) is 70.2 Å². The quantitative estimate of drug-likeness (QED) is 0.319. The molecular weight excluding hydrogens is 344 g/mol. The number of hydrogen-bond donors (Lipinski definition) is 0. The smallest absolute Gasteiger partial charge is 0.331 e. The van der Waals surface area contributed by atoms with Crippen molar-refractivity contribution in [2.45, 2.75) is 52.1 Å². The van der Waals surface area contributed by atoms with Crippen molar-refractivity contribution in [3.05, 3.63) is 48.6 Å². The summed E-state index contributed by atoms with van der Waals surface area (Å²) >= 11 is 0. The fraction of sp³-hybridized carbons (Fsp3) is 0.455. The zero-order valence-electron chi connectivity index (χ0n) is 16.5. The first-order valence-corrected chi connectivity index (χ1v) is 9.23. The highest BCUT2D eigenvalue weighted by atomic mass is 16.6. The first-order chi connectivity index (χ1) is 12.8. The topological polar surface area (TPSA) is 61.8 Å². The van der Waals surface area contributed by atoms with Crippen LogP contribution in [0.25, 0.3) is 6.08 Å². The summed E-state index contributed by atoms with van der Waals surface area (Å²) in [6.07, 6.45) is 8.11. The number of esters is 2. The first kappa shape index (κ1) is 22.5. The van der Waals surface area contributed by atoms with Gasteiger partial charge in [0.25, 0.3) is 0 Å². The summed E-state index contributed by atoms with van der Waals surface area (Å²) in [5, 5.41) is 0. The van der Waals surface area contributed by atoms with Gasteiger partial charge in [-0.25, -0.2) is 9.59 Å². The Morgan fingerprint density at radius 2 is 1.59 bits per heavy atom. The molecule has 5 heteroatoms. The van der Waals surface area contributed by atoms with Crippen molar-refractivity contribution < 1.29 is 23.8 Å². The summed E-state index contributed by atoms with van der Waals surface area (Å²) in [6, 6.07) is 7.54. The van der Waals surface area contributed by atoms with Gasteiger partial charge in [-0.1, -0.05) is 18.7 Å². The number of carbonyl (C=O) groups excluding carboxylic acids is 2. The highest BCUT2D eigenvalue weighted by Crippen LogP contribution is 2.15. The number of rotatable bonds is 11. The highest BCUT2D eigenvalue weighted by Gasteiger charge is 2.13. The highest BCUT2D eigenvalue weighted by molar-refractivity contribution is 5.87. The van der Waals surface area contributed by atoms with Crippen molar-refractivity contribution in [3.63, 3.8) is 0 Å². The molecule has 1 aromatic rings. The second-order valence-electron chi connectivity index (χ2n) is 7.07. The molecule has 0 amide bonds. The molecule has 0 saturated heterocycles. The third kappa shape index (κ3) is 11.6. The summed E-state index contributed by atoms with van der Waals surface area (Å²) in [5.74, 6) is 0.0640. The molecule has 5 nitrogen and oxygen atoms in total. The maximum atomic E-state index is 11.7. The summed E-state index contributed by atoms with van der Waals surface area (Å²) in [6.45, 7) is 9.93. The molecular formula is C22H30O5. The minimum absolute atomic E-state index is 0.359. The third-order valence-corrected chi connectivity index (χ3v) is 3.42. The number of unbranched alkanes of at least 4 members (excludes halogenated alkanes) is 3. The number of carbonyl (C=O) groups is 2. The van der Waals surface area contributed by atoms with Crippen LogP contribution in [-0.2, 0) is 19.1 Å². The van der Waals surface area contributed by atoms with E-state index in [1.807, 2.05) is 45.0 Å². The monoisotopic (exact) mass is 374 g/mol. The normalized spacial score (nSPS) is 11.2. The Balaban J connectivity index is 2.20. The molecule has 0 heterocycles. The molecule has 0 aromatic heterocycles. The largest absolute Gasteiger partial charge is 0.494 e. The van der Waals surface area contributed by atoms with Gasteiger partial charge in [-0.2, -0.15) is 0 Å². The van der Waals surface area contributed by atoms with E-state index in [1.165, 1.54) is 12.2 Å². The standard InChI is InChI=1S/C22H30O5/c1-5-20(23)26-17-9-7-6-8-16-25-19-13-10-18(11-14-19)12-15-21(24)27-22(2,3)4/h5,10-15H,1,6-9,16-17H2,2-4H3/b15-12+. The lowest BCUT2D eigenvalue weighted by atomic mass is 10.2. The summed E-state index contributed by atoms with van der Waals surface area (Å²) < 4.78 is 15.8. The van der Waals surface area contributed by atoms with Gasteiger partial charge >= 0.3 is 11.9 Å². The van der Waals surface area contributed by atoms with E-state index in [2.05, 4.69) is 6.58 Å². The lowest BCUT2D eigenvalue weighted by Crippen LogP contribution is -2.22. The first-order valence-electron chi connectivity index (χ1n) is 9.23. The molecule has 1 rings (SSSR count). The molecule has 0 aliphatic carbocycles. The molecule has 0 bridgehead atoms. The van der Waals surface area contributed by atoms with Gasteiger partial charge in [0.1, 0.15) is 11.4 Å². The molecule has 1 aromatic carbocycles. The summed E-state index contributed by atoms with van der Waals surface area (Å²) in [7, 11) is 0. The summed E-state index contributed by atoms with van der Waals surface area (Å²) in [5.41, 5.74) is 0.414. The van der Waals surface area contributed by atoms with Crippen molar-refractivity contribution in [1.82, 2.24) is 0 Å². The van der Waals surface area contributed by atoms with Crippen molar-refractivity contribution in [1.29, 1.82) is 0 Å². The molecule has 0 unspecified atom stereocenters. The van der Waals surface area contributed by atoms with Gasteiger partial charge in [0, 0.05) is 12.2 Å². The Bertz CT molecular complexity index is 623. The van der Waals surface area contributed by atoms with E-state index in [0.717, 1.165) is 37.0 Å². The lowest BCUT2D eigenvalue weighted by molar-refractivity contribution is -0.148. The van der Waals surface area contributed by atoms with Crippen LogP contribution in [0.15, 0.2) is 43.0 Å². The molecule has 27 heavy (non-hydrogen) atoms. The Hall–Kier alpha value is -2.56. The molecule has 0 atom stereocenters. The maximum absolute atomic E-state index is 11.7. The Labute approximate surface area is 162 Å². The van der Waals surface area contributed by atoms with E-state index >= 15 is 0 Å². The average Bonchev–Trinajstić information content (AvgIpc) is 2.61. The van der Waals surface area contributed by atoms with Crippen LogP contribution in [0, 0.1) is 0 Å². The molecule has 0 fully saturated rings. The number of benzene rings is 1. The minimum atomic E-state index is -0.491. The van der Waals surface area contributed by atoms with Gasteiger partial charge < -0.3 is 14.2 Å². The second-order valence-corrected chi connectivity index (χ2v) is 7.07. The molecule has 0 spiro atoms. The zero-order chi connectivity index (χ0) is 20.1. The average molecular weight is 374 g/mol. The van der Waals surface area contributed by atoms with Gasteiger partial charge in [0.15, 0.2) is 0 Å². The fourth-order valence-corrected chi connectivity index (χ4v) is 2.15. The van der Waals surface area contributed by atoms with E-state index in [1.54, 1.807) is 6.08 Å². The van der Waals surface area contributed by atoms with Gasteiger partial charge in [0.2, 0.25) is 0 Å². The van der Waals surface area contributed by atoms with Gasteiger partial charge in [-0.15, -0.1) is 0 Å². The lowest BCUT2D eigenvalue weighted by Gasteiger charge is -2.17. The van der Waals surface area contributed by atoms with E-state index in [4.69, 9.17) is 14.2 Å². The van der Waals surface area contributed by atoms with E-state index in [-0.39, 0.29) is 11.9 Å².